The van der Waals surface area contributed by atoms with Crippen LogP contribution in [0.2, 0.25) is 0 Å². The Kier molecular flexibility index (Phi) is 3.51. The molecule has 2 heterocycles. The molecule has 0 bridgehead atoms. The number of aromatic nitrogens is 2. The molecule has 21 heavy (non-hydrogen) atoms. The molecular weight excluding hydrogens is 272 g/mol. The van der Waals surface area contributed by atoms with Crippen molar-refractivity contribution in [2.75, 3.05) is 6.61 Å². The number of rotatable bonds is 4. The van der Waals surface area contributed by atoms with Crippen molar-refractivity contribution in [2.45, 2.75) is 6.42 Å². The zero-order chi connectivity index (χ0) is 14.7. The normalized spacial score (nSPS) is 10.7. The SMILES string of the molecule is O=c1oc2cccnc2c(=O)n1OCCc1ccccc1. The molecule has 6 heteroatoms. The van der Waals surface area contributed by atoms with Crippen LogP contribution in [0.1, 0.15) is 5.56 Å². The van der Waals surface area contributed by atoms with Gasteiger partial charge < -0.3 is 9.25 Å². The van der Waals surface area contributed by atoms with E-state index in [2.05, 4.69) is 4.98 Å². The minimum atomic E-state index is -0.853. The first-order valence-electron chi connectivity index (χ1n) is 6.44. The van der Waals surface area contributed by atoms with Crippen molar-refractivity contribution in [1.82, 2.24) is 9.71 Å². The van der Waals surface area contributed by atoms with E-state index >= 15 is 0 Å². The third-order valence-corrected chi connectivity index (χ3v) is 2.97. The third kappa shape index (κ3) is 2.69. The Morgan fingerprint density at radius 3 is 2.71 bits per heavy atom. The standard InChI is InChI=1S/C15H12N2O4/c18-14-13-12(7-4-9-16-13)21-15(19)17(14)20-10-8-11-5-2-1-3-6-11/h1-7,9H,8,10H2. The number of benzene rings is 1. The molecule has 0 saturated heterocycles. The third-order valence-electron chi connectivity index (χ3n) is 2.97. The average Bonchev–Trinajstić information content (AvgIpc) is 2.51. The van der Waals surface area contributed by atoms with Gasteiger partial charge in [0.15, 0.2) is 11.1 Å². The molecule has 0 amide bonds. The zero-order valence-electron chi connectivity index (χ0n) is 11.1. The van der Waals surface area contributed by atoms with Crippen LogP contribution in [0.25, 0.3) is 11.1 Å². The van der Waals surface area contributed by atoms with Crippen molar-refractivity contribution < 1.29 is 9.25 Å². The van der Waals surface area contributed by atoms with Crippen LogP contribution < -0.4 is 16.2 Å². The first kappa shape index (κ1) is 13.1. The fourth-order valence-corrected chi connectivity index (χ4v) is 1.96. The van der Waals surface area contributed by atoms with Gasteiger partial charge in [0.05, 0.1) is 0 Å². The zero-order valence-corrected chi connectivity index (χ0v) is 11.1. The van der Waals surface area contributed by atoms with E-state index < -0.39 is 11.3 Å². The molecule has 3 rings (SSSR count). The minimum absolute atomic E-state index is 0.0665. The molecule has 0 aliphatic heterocycles. The second-order valence-electron chi connectivity index (χ2n) is 4.39. The quantitative estimate of drug-likeness (QED) is 0.715. The summed E-state index contributed by atoms with van der Waals surface area (Å²) < 4.78 is 5.61. The molecule has 0 fully saturated rings. The minimum Gasteiger partial charge on any atom is -0.405 e. The summed E-state index contributed by atoms with van der Waals surface area (Å²) in [6.45, 7) is 0.188. The monoisotopic (exact) mass is 284 g/mol. The lowest BCUT2D eigenvalue weighted by Crippen LogP contribution is -2.38. The molecule has 6 nitrogen and oxygen atoms in total. The van der Waals surface area contributed by atoms with Gasteiger partial charge in [-0.2, -0.15) is 0 Å². The second-order valence-corrected chi connectivity index (χ2v) is 4.39. The fourth-order valence-electron chi connectivity index (χ4n) is 1.96. The van der Waals surface area contributed by atoms with Gasteiger partial charge in [0.1, 0.15) is 6.61 Å². The molecule has 3 aromatic rings. The topological polar surface area (TPSA) is 74.3 Å². The van der Waals surface area contributed by atoms with Gasteiger partial charge >= 0.3 is 11.3 Å². The summed E-state index contributed by atoms with van der Waals surface area (Å²) in [4.78, 5) is 33.0. The van der Waals surface area contributed by atoms with E-state index in [1.807, 2.05) is 30.3 Å². The van der Waals surface area contributed by atoms with E-state index in [0.717, 1.165) is 5.56 Å². The van der Waals surface area contributed by atoms with Crippen LogP contribution >= 0.6 is 0 Å². The molecule has 0 atom stereocenters. The van der Waals surface area contributed by atoms with Crippen molar-refractivity contribution >= 4 is 11.1 Å². The van der Waals surface area contributed by atoms with E-state index in [1.54, 1.807) is 6.07 Å². The van der Waals surface area contributed by atoms with Crippen molar-refractivity contribution in [3.05, 3.63) is 75.1 Å². The van der Waals surface area contributed by atoms with Crippen LogP contribution in [-0.4, -0.2) is 16.3 Å². The van der Waals surface area contributed by atoms with Crippen LogP contribution in [0.4, 0.5) is 0 Å². The summed E-state index contributed by atoms with van der Waals surface area (Å²) in [7, 11) is 0. The summed E-state index contributed by atoms with van der Waals surface area (Å²) in [6, 6.07) is 12.7. The summed E-state index contributed by atoms with van der Waals surface area (Å²) >= 11 is 0. The molecule has 2 aromatic heterocycles. The van der Waals surface area contributed by atoms with Gasteiger partial charge in [0.25, 0.3) is 0 Å². The molecule has 106 valence electrons. The lowest BCUT2D eigenvalue weighted by molar-refractivity contribution is 0.0805. The predicted molar refractivity (Wildman–Crippen MR) is 76.1 cm³/mol. The van der Waals surface area contributed by atoms with Gasteiger partial charge in [0.2, 0.25) is 0 Å². The summed E-state index contributed by atoms with van der Waals surface area (Å²) in [5.41, 5.74) is 0.649. The Bertz CT molecular complexity index is 868. The lowest BCUT2D eigenvalue weighted by atomic mass is 10.2. The maximum atomic E-state index is 12.1. The second kappa shape index (κ2) is 5.62. The first-order valence-corrected chi connectivity index (χ1v) is 6.44. The van der Waals surface area contributed by atoms with Crippen molar-refractivity contribution in [3.8, 4) is 0 Å². The molecule has 0 N–H and O–H groups in total. The van der Waals surface area contributed by atoms with Gasteiger partial charge in [-0.05, 0) is 17.7 Å². The van der Waals surface area contributed by atoms with E-state index in [1.165, 1.54) is 12.3 Å². The average molecular weight is 284 g/mol. The fraction of sp³-hybridized carbons (Fsp3) is 0.133. The number of hydrogen-bond donors (Lipinski definition) is 0. The van der Waals surface area contributed by atoms with Crippen LogP contribution in [0.5, 0.6) is 0 Å². The molecule has 0 aliphatic carbocycles. The number of fused-ring (bicyclic) bond motifs is 1. The van der Waals surface area contributed by atoms with Crippen molar-refractivity contribution in [2.24, 2.45) is 0 Å². The number of hydrogen-bond acceptors (Lipinski definition) is 5. The van der Waals surface area contributed by atoms with Gasteiger partial charge in [0, 0.05) is 12.6 Å². The summed E-state index contributed by atoms with van der Waals surface area (Å²) in [5, 5.41) is 0. The van der Waals surface area contributed by atoms with Crippen LogP contribution in [0.15, 0.2) is 62.7 Å². The largest absolute Gasteiger partial charge is 0.456 e. The van der Waals surface area contributed by atoms with E-state index in [0.29, 0.717) is 11.2 Å². The van der Waals surface area contributed by atoms with Crippen LogP contribution in [-0.2, 0) is 6.42 Å². The van der Waals surface area contributed by atoms with Gasteiger partial charge in [-0.25, -0.2) is 9.78 Å². The van der Waals surface area contributed by atoms with Gasteiger partial charge in [-0.1, -0.05) is 35.1 Å². The van der Waals surface area contributed by atoms with Crippen LogP contribution in [0, 0.1) is 0 Å². The van der Waals surface area contributed by atoms with Crippen molar-refractivity contribution in [3.63, 3.8) is 0 Å². The molecule has 0 saturated carbocycles. The predicted octanol–water partition coefficient (Wildman–Crippen LogP) is 1.02. The van der Waals surface area contributed by atoms with Gasteiger partial charge in [-0.15, -0.1) is 0 Å². The van der Waals surface area contributed by atoms with E-state index in [-0.39, 0.29) is 17.7 Å². The molecular formula is C15H12N2O4. The number of nitrogens with zero attached hydrogens (tertiary/aromatic N) is 2. The Hall–Kier alpha value is -2.89. The van der Waals surface area contributed by atoms with Gasteiger partial charge in [-0.3, -0.25) is 4.79 Å². The van der Waals surface area contributed by atoms with E-state index in [9.17, 15) is 9.59 Å². The Morgan fingerprint density at radius 1 is 1.10 bits per heavy atom. The highest BCUT2D eigenvalue weighted by molar-refractivity contribution is 5.69. The highest BCUT2D eigenvalue weighted by atomic mass is 16.7. The highest BCUT2D eigenvalue weighted by Gasteiger charge is 2.11. The molecule has 1 aromatic carbocycles. The van der Waals surface area contributed by atoms with Crippen molar-refractivity contribution in [1.29, 1.82) is 0 Å². The maximum Gasteiger partial charge on any atom is 0.456 e. The first-order chi connectivity index (χ1) is 10.3. The molecule has 0 aliphatic rings. The maximum absolute atomic E-state index is 12.1. The smallest absolute Gasteiger partial charge is 0.405 e. The summed E-state index contributed by atoms with van der Waals surface area (Å²) in [6.07, 6.45) is 2.03. The number of pyridine rings is 1. The molecule has 0 radical (unpaired) electrons. The molecule has 0 spiro atoms. The molecule has 0 unspecified atom stereocenters. The lowest BCUT2D eigenvalue weighted by Gasteiger charge is -2.06. The van der Waals surface area contributed by atoms with Crippen LogP contribution in [0.3, 0.4) is 0 Å². The Morgan fingerprint density at radius 2 is 1.90 bits per heavy atom. The van der Waals surface area contributed by atoms with E-state index in [4.69, 9.17) is 9.25 Å². The summed E-state index contributed by atoms with van der Waals surface area (Å²) in [5.74, 6) is -0.853. The highest BCUT2D eigenvalue weighted by Crippen LogP contribution is 2.02. The Labute approximate surface area is 119 Å². The Balaban J connectivity index is 1.84.